The van der Waals surface area contributed by atoms with Gasteiger partial charge in [-0.15, -0.1) is 0 Å². The van der Waals surface area contributed by atoms with Gasteiger partial charge >= 0.3 is 5.97 Å². The molecule has 0 aromatic heterocycles. The van der Waals surface area contributed by atoms with Crippen LogP contribution < -0.4 is 10.2 Å². The van der Waals surface area contributed by atoms with E-state index in [2.05, 4.69) is 36.9 Å². The summed E-state index contributed by atoms with van der Waals surface area (Å²) in [5.74, 6) is -0.410. The second kappa shape index (κ2) is 15.2. The van der Waals surface area contributed by atoms with Gasteiger partial charge in [-0.3, -0.25) is 9.42 Å². The molecule has 3 rings (SSSR count). The van der Waals surface area contributed by atoms with Gasteiger partial charge in [0.2, 0.25) is 0 Å². The molecule has 7 nitrogen and oxygen atoms in total. The van der Waals surface area contributed by atoms with Crippen LogP contribution >= 0.6 is 63.8 Å². The molecule has 2 aromatic carbocycles. The second-order valence-electron chi connectivity index (χ2n) is 6.43. The Morgan fingerprint density at radius 2 is 2.03 bits per heavy atom. The molecule has 1 aliphatic heterocycles. The Bertz CT molecular complexity index is 967. The first kappa shape index (κ1) is 28.3. The van der Waals surface area contributed by atoms with E-state index in [0.717, 1.165) is 17.4 Å². The fourth-order valence-corrected chi connectivity index (χ4v) is 4.92. The van der Waals surface area contributed by atoms with Crippen molar-refractivity contribution >= 4 is 76.1 Å². The van der Waals surface area contributed by atoms with Crippen molar-refractivity contribution in [2.75, 3.05) is 13.7 Å². The molecule has 12 heteroatoms. The highest BCUT2D eigenvalue weighted by Gasteiger charge is 2.30. The van der Waals surface area contributed by atoms with E-state index in [1.807, 2.05) is 16.4 Å². The van der Waals surface area contributed by atoms with E-state index in [1.54, 1.807) is 50.5 Å². The van der Waals surface area contributed by atoms with E-state index in [4.69, 9.17) is 27.9 Å². The lowest BCUT2D eigenvalue weighted by Gasteiger charge is -2.31. The van der Waals surface area contributed by atoms with Crippen LogP contribution in [0.3, 0.4) is 0 Å². The van der Waals surface area contributed by atoms with Gasteiger partial charge in [-0.05, 0) is 52.2 Å². The largest absolute Gasteiger partial charge is 0.463 e. The van der Waals surface area contributed by atoms with E-state index in [-0.39, 0.29) is 6.61 Å². The van der Waals surface area contributed by atoms with E-state index < -0.39 is 12.0 Å². The van der Waals surface area contributed by atoms with Crippen LogP contribution in [0.2, 0.25) is 10.0 Å². The lowest BCUT2D eigenvalue weighted by Crippen LogP contribution is -2.32. The number of carbonyl (C=O) groups excluding carboxylic acids is 2. The molecule has 2 unspecified atom stereocenters. The lowest BCUT2D eigenvalue weighted by molar-refractivity contribution is -0.139. The van der Waals surface area contributed by atoms with Gasteiger partial charge < -0.3 is 9.04 Å². The SMILES string of the molecule is CCOC(=O)C1=CN(Cc2ccc(C=O)cc2)SNC1c1ccc(Cl)cc1Cl.CNOPI. The molecule has 0 amide bonds. The summed E-state index contributed by atoms with van der Waals surface area (Å²) in [7, 11) is 1.74. The number of nitrogens with one attached hydrogen (secondary N) is 2. The Balaban J connectivity index is 0.000000696. The van der Waals surface area contributed by atoms with E-state index in [0.29, 0.717) is 34.2 Å². The molecule has 1 heterocycles. The topological polar surface area (TPSA) is 79.9 Å². The van der Waals surface area contributed by atoms with Gasteiger partial charge in [-0.2, -0.15) is 0 Å². The van der Waals surface area contributed by atoms with Crippen LogP contribution in [-0.2, 0) is 20.7 Å². The van der Waals surface area contributed by atoms with Crippen LogP contribution in [0.4, 0.5) is 0 Å². The van der Waals surface area contributed by atoms with Gasteiger partial charge in [0.05, 0.1) is 24.8 Å². The standard InChI is InChI=1S/C20H18Cl2N2O3S.CH5INOP/c1-2-27-20(26)17-11-24(10-13-3-5-14(12-25)6-4-13)28-23-19(17)16-8-7-15(21)9-18(16)22;1-3-4-5-2/h3-9,11-12,19,23H,2,10H2,1H3;3,5H,1H3. The molecule has 178 valence electrons. The average molecular weight is 642 g/mol. The third kappa shape index (κ3) is 8.99. The molecular formula is C21H23Cl2IN3O4PS. The maximum Gasteiger partial charge on any atom is 0.337 e. The average Bonchev–Trinajstić information content (AvgIpc) is 2.81. The third-order valence-corrected chi connectivity index (χ3v) is 6.58. The van der Waals surface area contributed by atoms with Crippen molar-refractivity contribution in [2.24, 2.45) is 0 Å². The number of halogens is 3. The number of rotatable bonds is 8. The number of ether oxygens (including phenoxy) is 1. The predicted octanol–water partition coefficient (Wildman–Crippen LogP) is 6.04. The molecule has 0 saturated heterocycles. The molecule has 33 heavy (non-hydrogen) atoms. The maximum atomic E-state index is 12.6. The number of benzene rings is 2. The van der Waals surface area contributed by atoms with Gasteiger partial charge in [0.25, 0.3) is 0 Å². The Kier molecular flexibility index (Phi) is 13.0. The number of carbonyl (C=O) groups is 2. The van der Waals surface area contributed by atoms with E-state index >= 15 is 0 Å². The second-order valence-corrected chi connectivity index (χ2v) is 9.84. The zero-order chi connectivity index (χ0) is 24.2. The van der Waals surface area contributed by atoms with Crippen LogP contribution in [-0.4, -0.2) is 30.2 Å². The summed E-state index contributed by atoms with van der Waals surface area (Å²) >= 11 is 15.8. The van der Waals surface area contributed by atoms with Gasteiger partial charge in [-0.25, -0.2) is 15.0 Å². The molecule has 0 aliphatic carbocycles. The van der Waals surface area contributed by atoms with Crippen molar-refractivity contribution in [2.45, 2.75) is 19.5 Å². The van der Waals surface area contributed by atoms with Crippen LogP contribution in [0.5, 0.6) is 0 Å². The van der Waals surface area contributed by atoms with Crippen molar-refractivity contribution in [3.05, 3.63) is 81.0 Å². The van der Waals surface area contributed by atoms with Crippen molar-refractivity contribution in [1.82, 2.24) is 14.5 Å². The van der Waals surface area contributed by atoms with E-state index in [1.165, 1.54) is 12.1 Å². The van der Waals surface area contributed by atoms with Crippen LogP contribution in [0.1, 0.15) is 34.5 Å². The van der Waals surface area contributed by atoms with Crippen molar-refractivity contribution in [1.29, 1.82) is 0 Å². The van der Waals surface area contributed by atoms with E-state index in [9.17, 15) is 9.59 Å². The molecule has 0 spiro atoms. The van der Waals surface area contributed by atoms with Gasteiger partial charge in [0.1, 0.15) is 12.7 Å². The first-order valence-electron chi connectivity index (χ1n) is 9.68. The van der Waals surface area contributed by atoms with Crippen LogP contribution in [0, 0.1) is 0 Å². The smallest absolute Gasteiger partial charge is 0.337 e. The van der Waals surface area contributed by atoms with Crippen molar-refractivity contribution in [3.8, 4) is 0 Å². The molecule has 2 aromatic rings. The number of hydroxylamine groups is 1. The number of nitrogens with zero attached hydrogens (tertiary/aromatic N) is 1. The van der Waals surface area contributed by atoms with Crippen LogP contribution in [0.15, 0.2) is 54.2 Å². The zero-order valence-electron chi connectivity index (χ0n) is 17.8. The lowest BCUT2D eigenvalue weighted by atomic mass is 10.00. The highest BCUT2D eigenvalue weighted by atomic mass is 127. The molecule has 0 radical (unpaired) electrons. The summed E-state index contributed by atoms with van der Waals surface area (Å²) in [4.78, 5) is 23.4. The minimum atomic E-state index is -0.428. The monoisotopic (exact) mass is 641 g/mol. The number of hydrogen-bond acceptors (Lipinski definition) is 8. The summed E-state index contributed by atoms with van der Waals surface area (Å²) in [6, 6.07) is 12.0. The van der Waals surface area contributed by atoms with Crippen molar-refractivity contribution in [3.63, 3.8) is 0 Å². The van der Waals surface area contributed by atoms with Crippen molar-refractivity contribution < 1.29 is 19.0 Å². The Labute approximate surface area is 222 Å². The summed E-state index contributed by atoms with van der Waals surface area (Å²) < 4.78 is 15.0. The Hall–Kier alpha value is -0.910. The first-order chi connectivity index (χ1) is 15.9. The van der Waals surface area contributed by atoms with Gasteiger partial charge in [-0.1, -0.05) is 53.5 Å². The zero-order valence-corrected chi connectivity index (χ0v) is 23.3. The normalized spacial score (nSPS) is 15.6. The molecular weight excluding hydrogens is 619 g/mol. The Morgan fingerprint density at radius 3 is 2.58 bits per heavy atom. The molecule has 0 fully saturated rings. The highest BCUT2D eigenvalue weighted by molar-refractivity contribution is 14.2. The molecule has 1 aliphatic rings. The minimum Gasteiger partial charge on any atom is -0.463 e. The molecule has 0 bridgehead atoms. The summed E-state index contributed by atoms with van der Waals surface area (Å²) in [6.45, 7) is 3.10. The third-order valence-electron chi connectivity index (χ3n) is 4.26. The van der Waals surface area contributed by atoms with Gasteiger partial charge in [0.15, 0.2) is 0 Å². The van der Waals surface area contributed by atoms with Gasteiger partial charge in [0, 0.05) is 41.0 Å². The first-order valence-corrected chi connectivity index (χ1v) is 15.2. The minimum absolute atomic E-state index is 0.275. The summed E-state index contributed by atoms with van der Waals surface area (Å²) in [5.41, 5.74) is 5.34. The fourth-order valence-electron chi connectivity index (χ4n) is 2.79. The maximum absolute atomic E-state index is 12.6. The summed E-state index contributed by atoms with van der Waals surface area (Å²) in [6.07, 6.45) is 2.57. The fraction of sp³-hybridized carbons (Fsp3) is 0.238. The number of aldehydes is 1. The molecule has 0 saturated carbocycles. The molecule has 2 N–H and O–H groups in total. The number of hydrogen-bond donors (Lipinski definition) is 2. The summed E-state index contributed by atoms with van der Waals surface area (Å²) in [5, 5.41) is 0.998. The predicted molar refractivity (Wildman–Crippen MR) is 144 cm³/mol. The quantitative estimate of drug-likeness (QED) is 0.0902. The molecule has 2 atom stereocenters. The van der Waals surface area contributed by atoms with Crippen LogP contribution in [0.25, 0.3) is 0 Å². The number of esters is 1. The Morgan fingerprint density at radius 1 is 1.30 bits per heavy atom. The highest BCUT2D eigenvalue weighted by Crippen LogP contribution is 2.36.